The first-order valence-corrected chi connectivity index (χ1v) is 6.11. The standard InChI is InChI=1S/C14H21NO2/c1-4-11(5-2)9-17-14(16)12-6-7-13(15)10(3)8-12/h6-8,11H,4-5,9,15H2,1-3H3. The fourth-order valence-corrected chi connectivity index (χ4v) is 1.60. The van der Waals surface area contributed by atoms with Crippen LogP contribution in [0, 0.1) is 12.8 Å². The van der Waals surface area contributed by atoms with E-state index < -0.39 is 0 Å². The van der Waals surface area contributed by atoms with Gasteiger partial charge in [0.2, 0.25) is 0 Å². The fourth-order valence-electron chi connectivity index (χ4n) is 1.60. The average Bonchev–Trinajstić information content (AvgIpc) is 2.33. The van der Waals surface area contributed by atoms with Crippen LogP contribution in [0.15, 0.2) is 18.2 Å². The highest BCUT2D eigenvalue weighted by Gasteiger charge is 2.11. The number of hydrogen-bond acceptors (Lipinski definition) is 3. The van der Waals surface area contributed by atoms with Crippen molar-refractivity contribution < 1.29 is 9.53 Å². The van der Waals surface area contributed by atoms with Crippen molar-refractivity contribution in [1.29, 1.82) is 0 Å². The van der Waals surface area contributed by atoms with Gasteiger partial charge >= 0.3 is 5.97 Å². The van der Waals surface area contributed by atoms with Crippen LogP contribution in [0.4, 0.5) is 5.69 Å². The zero-order chi connectivity index (χ0) is 12.8. The van der Waals surface area contributed by atoms with E-state index in [0.29, 0.717) is 23.8 Å². The number of aryl methyl sites for hydroxylation is 1. The molecular weight excluding hydrogens is 214 g/mol. The first kappa shape index (κ1) is 13.6. The maximum absolute atomic E-state index is 11.8. The summed E-state index contributed by atoms with van der Waals surface area (Å²) in [7, 11) is 0. The van der Waals surface area contributed by atoms with Crippen molar-refractivity contribution in [2.45, 2.75) is 33.6 Å². The topological polar surface area (TPSA) is 52.3 Å². The van der Waals surface area contributed by atoms with Crippen LogP contribution in [0.25, 0.3) is 0 Å². The first-order chi connectivity index (χ1) is 8.08. The largest absolute Gasteiger partial charge is 0.462 e. The van der Waals surface area contributed by atoms with Crippen molar-refractivity contribution >= 4 is 11.7 Å². The molecule has 0 bridgehead atoms. The van der Waals surface area contributed by atoms with Crippen LogP contribution in [0.2, 0.25) is 0 Å². The number of rotatable bonds is 5. The lowest BCUT2D eigenvalue weighted by atomic mass is 10.1. The number of carbonyl (C=O) groups is 1. The van der Waals surface area contributed by atoms with E-state index in [9.17, 15) is 4.79 Å². The van der Waals surface area contributed by atoms with Crippen molar-refractivity contribution in [3.8, 4) is 0 Å². The van der Waals surface area contributed by atoms with Crippen molar-refractivity contribution in [3.05, 3.63) is 29.3 Å². The van der Waals surface area contributed by atoms with Crippen LogP contribution in [-0.2, 0) is 4.74 Å². The van der Waals surface area contributed by atoms with Crippen LogP contribution in [0.5, 0.6) is 0 Å². The summed E-state index contributed by atoms with van der Waals surface area (Å²) in [4.78, 5) is 11.8. The maximum atomic E-state index is 11.8. The SMILES string of the molecule is CCC(CC)COC(=O)c1ccc(N)c(C)c1. The summed E-state index contributed by atoms with van der Waals surface area (Å²) in [6, 6.07) is 5.21. The third-order valence-electron chi connectivity index (χ3n) is 3.11. The highest BCUT2D eigenvalue weighted by molar-refractivity contribution is 5.90. The number of hydrogen-bond donors (Lipinski definition) is 1. The number of carbonyl (C=O) groups excluding carboxylic acids is 1. The van der Waals surface area contributed by atoms with Crippen LogP contribution >= 0.6 is 0 Å². The van der Waals surface area contributed by atoms with Crippen LogP contribution in [0.3, 0.4) is 0 Å². The van der Waals surface area contributed by atoms with Gasteiger partial charge < -0.3 is 10.5 Å². The second-order valence-electron chi connectivity index (χ2n) is 4.35. The van der Waals surface area contributed by atoms with E-state index >= 15 is 0 Å². The van der Waals surface area contributed by atoms with Gasteiger partial charge in [-0.25, -0.2) is 4.79 Å². The smallest absolute Gasteiger partial charge is 0.338 e. The molecule has 0 aliphatic rings. The molecule has 0 spiro atoms. The number of ether oxygens (including phenoxy) is 1. The Morgan fingerprint density at radius 3 is 2.53 bits per heavy atom. The minimum absolute atomic E-state index is 0.264. The normalized spacial score (nSPS) is 10.6. The molecule has 0 aliphatic carbocycles. The highest BCUT2D eigenvalue weighted by Crippen LogP contribution is 2.14. The molecule has 0 fully saturated rings. The molecule has 3 nitrogen and oxygen atoms in total. The summed E-state index contributed by atoms with van der Waals surface area (Å²) in [6.45, 7) is 6.59. The molecule has 0 radical (unpaired) electrons. The highest BCUT2D eigenvalue weighted by atomic mass is 16.5. The lowest BCUT2D eigenvalue weighted by Crippen LogP contribution is -2.13. The Morgan fingerprint density at radius 2 is 2.00 bits per heavy atom. The third kappa shape index (κ3) is 3.77. The molecule has 1 aromatic rings. The molecule has 17 heavy (non-hydrogen) atoms. The molecule has 0 saturated carbocycles. The molecule has 0 aromatic heterocycles. The number of nitrogen functional groups attached to an aromatic ring is 1. The first-order valence-electron chi connectivity index (χ1n) is 6.11. The monoisotopic (exact) mass is 235 g/mol. The molecule has 0 atom stereocenters. The van der Waals surface area contributed by atoms with Gasteiger partial charge in [-0.3, -0.25) is 0 Å². The van der Waals surface area contributed by atoms with E-state index in [0.717, 1.165) is 18.4 Å². The fraction of sp³-hybridized carbons (Fsp3) is 0.500. The van der Waals surface area contributed by atoms with Gasteiger partial charge in [0.05, 0.1) is 12.2 Å². The molecule has 0 unspecified atom stereocenters. The van der Waals surface area contributed by atoms with Crippen LogP contribution in [0.1, 0.15) is 42.6 Å². The van der Waals surface area contributed by atoms with Crippen molar-refractivity contribution in [3.63, 3.8) is 0 Å². The van der Waals surface area contributed by atoms with Gasteiger partial charge in [-0.05, 0) is 36.6 Å². The Morgan fingerprint density at radius 1 is 1.35 bits per heavy atom. The van der Waals surface area contributed by atoms with E-state index in [2.05, 4.69) is 13.8 Å². The van der Waals surface area contributed by atoms with E-state index in [4.69, 9.17) is 10.5 Å². The van der Waals surface area contributed by atoms with Crippen molar-refractivity contribution in [2.75, 3.05) is 12.3 Å². The molecule has 94 valence electrons. The average molecular weight is 235 g/mol. The van der Waals surface area contributed by atoms with Gasteiger partial charge in [0, 0.05) is 5.69 Å². The van der Waals surface area contributed by atoms with E-state index in [-0.39, 0.29) is 5.97 Å². The summed E-state index contributed by atoms with van der Waals surface area (Å²) in [6.07, 6.45) is 2.06. The predicted octanol–water partition coefficient (Wildman–Crippen LogP) is 3.17. The lowest BCUT2D eigenvalue weighted by molar-refractivity contribution is 0.0433. The van der Waals surface area contributed by atoms with Gasteiger partial charge in [-0.15, -0.1) is 0 Å². The molecular formula is C14H21NO2. The van der Waals surface area contributed by atoms with Gasteiger partial charge in [0.15, 0.2) is 0 Å². The number of esters is 1. The Bertz CT molecular complexity index is 384. The molecule has 2 N–H and O–H groups in total. The quantitative estimate of drug-likeness (QED) is 0.630. The Hall–Kier alpha value is -1.51. The zero-order valence-corrected chi connectivity index (χ0v) is 10.8. The van der Waals surface area contributed by atoms with Gasteiger partial charge in [-0.2, -0.15) is 0 Å². The van der Waals surface area contributed by atoms with E-state index in [1.54, 1.807) is 18.2 Å². The van der Waals surface area contributed by atoms with Crippen molar-refractivity contribution in [2.24, 2.45) is 5.92 Å². The van der Waals surface area contributed by atoms with Gasteiger partial charge in [0.1, 0.15) is 0 Å². The Kier molecular flexibility index (Phi) is 5.01. The van der Waals surface area contributed by atoms with Crippen molar-refractivity contribution in [1.82, 2.24) is 0 Å². The van der Waals surface area contributed by atoms with Crippen LogP contribution < -0.4 is 5.73 Å². The summed E-state index contributed by atoms with van der Waals surface area (Å²) in [5.74, 6) is 0.189. The number of anilines is 1. The molecule has 0 saturated heterocycles. The predicted molar refractivity (Wildman–Crippen MR) is 69.9 cm³/mol. The molecule has 1 rings (SSSR count). The molecule has 0 amide bonds. The minimum atomic E-state index is -0.264. The summed E-state index contributed by atoms with van der Waals surface area (Å²) in [5, 5.41) is 0. The molecule has 0 heterocycles. The minimum Gasteiger partial charge on any atom is -0.462 e. The Balaban J connectivity index is 2.61. The summed E-state index contributed by atoms with van der Waals surface area (Å²) < 4.78 is 5.29. The van der Waals surface area contributed by atoms with Gasteiger partial charge in [-0.1, -0.05) is 26.7 Å². The zero-order valence-electron chi connectivity index (χ0n) is 10.8. The third-order valence-corrected chi connectivity index (χ3v) is 3.11. The molecule has 3 heteroatoms. The molecule has 1 aromatic carbocycles. The molecule has 0 aliphatic heterocycles. The summed E-state index contributed by atoms with van der Waals surface area (Å²) >= 11 is 0. The van der Waals surface area contributed by atoms with Crippen LogP contribution in [-0.4, -0.2) is 12.6 Å². The Labute approximate surface area is 103 Å². The lowest BCUT2D eigenvalue weighted by Gasteiger charge is -2.13. The number of benzene rings is 1. The van der Waals surface area contributed by atoms with Gasteiger partial charge in [0.25, 0.3) is 0 Å². The maximum Gasteiger partial charge on any atom is 0.338 e. The second kappa shape index (κ2) is 6.28. The number of nitrogens with two attached hydrogens (primary N) is 1. The van der Waals surface area contributed by atoms with E-state index in [1.165, 1.54) is 0 Å². The second-order valence-corrected chi connectivity index (χ2v) is 4.35. The van der Waals surface area contributed by atoms with E-state index in [1.807, 2.05) is 6.92 Å². The summed E-state index contributed by atoms with van der Waals surface area (Å²) in [5.41, 5.74) is 7.87.